The smallest absolute Gasteiger partial charge is 0.208 e. The van der Waals surface area contributed by atoms with Crippen LogP contribution in [0.5, 0.6) is 0 Å². The highest BCUT2D eigenvalue weighted by Gasteiger charge is 2.13. The summed E-state index contributed by atoms with van der Waals surface area (Å²) in [7, 11) is 0. The van der Waals surface area contributed by atoms with Gasteiger partial charge in [0.15, 0.2) is 5.84 Å². The Bertz CT molecular complexity index is 567. The minimum absolute atomic E-state index is 0.639. The summed E-state index contributed by atoms with van der Waals surface area (Å²) in [5.41, 5.74) is 1.86. The standard InChI is InChI=1S/C10H7ClN2O2S/c11-7-1-2-9-8(4-7)6(5-14-9)3-10-12-15-16-13-10/h1-2,4-5H,3H2,(H,12,13). The van der Waals surface area contributed by atoms with E-state index >= 15 is 0 Å². The summed E-state index contributed by atoms with van der Waals surface area (Å²) in [4.78, 5) is 0. The Labute approximate surface area is 101 Å². The average Bonchev–Trinajstić information content (AvgIpc) is 2.90. The highest BCUT2D eigenvalue weighted by atomic mass is 35.5. The van der Waals surface area contributed by atoms with Gasteiger partial charge in [-0.15, -0.1) is 0 Å². The fraction of sp³-hybridized carbons (Fsp3) is 0.100. The summed E-state index contributed by atoms with van der Waals surface area (Å²) < 4.78 is 13.1. The number of oxime groups is 1. The fourth-order valence-electron chi connectivity index (χ4n) is 1.59. The molecular formula is C10H7ClN2O2S. The minimum Gasteiger partial charge on any atom is -0.464 e. The second kappa shape index (κ2) is 3.92. The average molecular weight is 255 g/mol. The molecule has 1 aliphatic rings. The van der Waals surface area contributed by atoms with Gasteiger partial charge in [0.05, 0.1) is 6.26 Å². The van der Waals surface area contributed by atoms with Gasteiger partial charge in [-0.2, -0.15) is 0 Å². The minimum atomic E-state index is 0.639. The maximum absolute atomic E-state index is 5.95. The third kappa shape index (κ3) is 1.72. The Hall–Kier alpha value is -1.33. The Morgan fingerprint density at radius 3 is 3.19 bits per heavy atom. The number of fused-ring (bicyclic) bond motifs is 1. The zero-order valence-corrected chi connectivity index (χ0v) is 9.64. The van der Waals surface area contributed by atoms with Crippen LogP contribution in [0.1, 0.15) is 5.56 Å². The number of nitrogens with one attached hydrogen (secondary N) is 1. The molecule has 0 bridgehead atoms. The van der Waals surface area contributed by atoms with Crippen molar-refractivity contribution in [2.24, 2.45) is 5.16 Å². The molecule has 6 heteroatoms. The lowest BCUT2D eigenvalue weighted by molar-refractivity contribution is 0.415. The van der Waals surface area contributed by atoms with Crippen molar-refractivity contribution >= 4 is 40.6 Å². The first-order valence-electron chi connectivity index (χ1n) is 4.64. The molecule has 82 valence electrons. The van der Waals surface area contributed by atoms with Crippen molar-refractivity contribution in [1.29, 1.82) is 0 Å². The maximum atomic E-state index is 5.95. The molecule has 1 N–H and O–H groups in total. The largest absolute Gasteiger partial charge is 0.464 e. The predicted molar refractivity (Wildman–Crippen MR) is 64.2 cm³/mol. The van der Waals surface area contributed by atoms with E-state index in [1.807, 2.05) is 18.2 Å². The number of benzene rings is 1. The zero-order valence-electron chi connectivity index (χ0n) is 8.07. The third-order valence-corrected chi connectivity index (χ3v) is 3.02. The van der Waals surface area contributed by atoms with Crippen LogP contribution in [0.2, 0.25) is 5.02 Å². The molecule has 16 heavy (non-hydrogen) atoms. The van der Waals surface area contributed by atoms with Crippen molar-refractivity contribution in [3.63, 3.8) is 0 Å². The van der Waals surface area contributed by atoms with Crippen LogP contribution in [-0.2, 0) is 10.7 Å². The van der Waals surface area contributed by atoms with Gasteiger partial charge in [-0.05, 0) is 18.2 Å². The van der Waals surface area contributed by atoms with Crippen LogP contribution >= 0.6 is 23.8 Å². The second-order valence-corrected chi connectivity index (χ2v) is 4.33. The van der Waals surface area contributed by atoms with Crippen molar-refractivity contribution in [1.82, 2.24) is 4.72 Å². The Balaban J connectivity index is 1.99. The molecule has 1 aromatic heterocycles. The van der Waals surface area contributed by atoms with E-state index in [4.69, 9.17) is 20.3 Å². The van der Waals surface area contributed by atoms with Gasteiger partial charge in [-0.3, -0.25) is 9.01 Å². The zero-order chi connectivity index (χ0) is 11.0. The summed E-state index contributed by atoms with van der Waals surface area (Å²) in [6.45, 7) is 0. The molecule has 1 aromatic carbocycles. The van der Waals surface area contributed by atoms with Crippen molar-refractivity contribution in [2.75, 3.05) is 0 Å². The predicted octanol–water partition coefficient (Wildman–Crippen LogP) is 3.13. The van der Waals surface area contributed by atoms with Gasteiger partial charge in [-0.1, -0.05) is 16.8 Å². The van der Waals surface area contributed by atoms with Gasteiger partial charge in [0.25, 0.3) is 0 Å². The maximum Gasteiger partial charge on any atom is 0.208 e. The SMILES string of the molecule is Clc1ccc2occ(CC3=NOSN3)c2c1. The van der Waals surface area contributed by atoms with Gasteiger partial charge in [0.2, 0.25) is 12.2 Å². The molecular weight excluding hydrogens is 248 g/mol. The molecule has 0 saturated heterocycles. The van der Waals surface area contributed by atoms with E-state index in [-0.39, 0.29) is 0 Å². The number of furan rings is 1. The van der Waals surface area contributed by atoms with Gasteiger partial charge in [-0.25, -0.2) is 0 Å². The molecule has 2 heterocycles. The second-order valence-electron chi connectivity index (χ2n) is 3.38. The van der Waals surface area contributed by atoms with Crippen molar-refractivity contribution in [3.8, 4) is 0 Å². The molecule has 3 rings (SSSR count). The van der Waals surface area contributed by atoms with Gasteiger partial charge in [0, 0.05) is 22.4 Å². The first-order valence-corrected chi connectivity index (χ1v) is 5.76. The first kappa shape index (κ1) is 9.86. The molecule has 0 spiro atoms. The molecule has 0 amide bonds. The summed E-state index contributed by atoms with van der Waals surface area (Å²) in [6.07, 6.45) is 2.36. The van der Waals surface area contributed by atoms with Gasteiger partial charge < -0.3 is 4.42 Å². The third-order valence-electron chi connectivity index (χ3n) is 2.32. The lowest BCUT2D eigenvalue weighted by Gasteiger charge is -1.96. The summed E-state index contributed by atoms with van der Waals surface area (Å²) >= 11 is 7.05. The number of hydrogen-bond acceptors (Lipinski definition) is 5. The number of halogens is 1. The van der Waals surface area contributed by atoms with E-state index in [0.717, 1.165) is 34.6 Å². The molecule has 0 atom stereocenters. The molecule has 0 unspecified atom stereocenters. The Morgan fingerprint density at radius 2 is 2.38 bits per heavy atom. The Morgan fingerprint density at radius 1 is 1.44 bits per heavy atom. The topological polar surface area (TPSA) is 46.8 Å². The van der Waals surface area contributed by atoms with E-state index in [1.54, 1.807) is 6.26 Å². The number of amidine groups is 1. The lowest BCUT2D eigenvalue weighted by atomic mass is 10.1. The number of hydrogen-bond donors (Lipinski definition) is 1. The highest BCUT2D eigenvalue weighted by molar-refractivity contribution is 7.93. The lowest BCUT2D eigenvalue weighted by Crippen LogP contribution is -2.13. The van der Waals surface area contributed by atoms with Gasteiger partial charge >= 0.3 is 0 Å². The van der Waals surface area contributed by atoms with Crippen LogP contribution in [0.25, 0.3) is 11.0 Å². The normalized spacial score (nSPS) is 14.7. The molecule has 1 aliphatic heterocycles. The monoisotopic (exact) mass is 254 g/mol. The van der Waals surface area contributed by atoms with Crippen molar-refractivity contribution in [3.05, 3.63) is 35.0 Å². The van der Waals surface area contributed by atoms with E-state index in [9.17, 15) is 0 Å². The van der Waals surface area contributed by atoms with E-state index in [2.05, 4.69) is 9.88 Å². The molecule has 0 saturated carbocycles. The fourth-order valence-corrected chi connectivity index (χ4v) is 2.13. The summed E-state index contributed by atoms with van der Waals surface area (Å²) in [5, 5.41) is 5.54. The van der Waals surface area contributed by atoms with Crippen molar-refractivity contribution < 1.29 is 8.70 Å². The molecule has 4 nitrogen and oxygen atoms in total. The van der Waals surface area contributed by atoms with E-state index < -0.39 is 0 Å². The van der Waals surface area contributed by atoms with E-state index in [0.29, 0.717) is 11.4 Å². The van der Waals surface area contributed by atoms with Crippen molar-refractivity contribution in [2.45, 2.75) is 6.42 Å². The van der Waals surface area contributed by atoms with Gasteiger partial charge in [0.1, 0.15) is 5.58 Å². The summed E-state index contributed by atoms with van der Waals surface area (Å²) in [5.74, 6) is 0.771. The van der Waals surface area contributed by atoms with Crippen LogP contribution in [0.3, 0.4) is 0 Å². The molecule has 0 radical (unpaired) electrons. The number of nitrogens with zero attached hydrogens (tertiary/aromatic N) is 1. The molecule has 0 fully saturated rings. The quantitative estimate of drug-likeness (QED) is 0.661. The van der Waals surface area contributed by atoms with Crippen LogP contribution in [-0.4, -0.2) is 5.84 Å². The van der Waals surface area contributed by atoms with Crippen LogP contribution in [0.4, 0.5) is 0 Å². The Kier molecular flexibility index (Phi) is 2.41. The first-order chi connectivity index (χ1) is 7.83. The van der Waals surface area contributed by atoms with Crippen LogP contribution < -0.4 is 4.72 Å². The van der Waals surface area contributed by atoms with Crippen LogP contribution in [0.15, 0.2) is 34.0 Å². The molecule has 2 aromatic rings. The number of rotatable bonds is 2. The van der Waals surface area contributed by atoms with Crippen LogP contribution in [0, 0.1) is 0 Å². The van der Waals surface area contributed by atoms with E-state index in [1.165, 1.54) is 0 Å². The highest BCUT2D eigenvalue weighted by Crippen LogP contribution is 2.25. The summed E-state index contributed by atoms with van der Waals surface area (Å²) in [6, 6.07) is 5.55. The molecule has 0 aliphatic carbocycles.